The van der Waals surface area contributed by atoms with Gasteiger partial charge in [0.25, 0.3) is 0 Å². The molecule has 2 heterocycles. The minimum Gasteiger partial charge on any atom is -0.468 e. The summed E-state index contributed by atoms with van der Waals surface area (Å²) in [6, 6.07) is 10.1. The zero-order chi connectivity index (χ0) is 20.8. The molecular weight excluding hydrogens is 375 g/mol. The highest BCUT2D eigenvalue weighted by Crippen LogP contribution is 2.25. The van der Waals surface area contributed by atoms with Crippen LogP contribution in [0.4, 0.5) is 10.1 Å². The molecule has 0 aliphatic carbocycles. The largest absolute Gasteiger partial charge is 0.468 e. The Hall–Kier alpha value is -2.87. The summed E-state index contributed by atoms with van der Waals surface area (Å²) in [4.78, 5) is 28.1. The smallest absolute Gasteiger partial charge is 0.309 e. The van der Waals surface area contributed by atoms with E-state index in [0.717, 1.165) is 0 Å². The Balaban J connectivity index is 1.62. The number of hydrogen-bond donors (Lipinski definition) is 2. The lowest BCUT2D eigenvalue weighted by molar-refractivity contribution is -0.139. The number of anilines is 1. The zero-order valence-electron chi connectivity index (χ0n) is 16.7. The van der Waals surface area contributed by atoms with Crippen LogP contribution in [0.2, 0.25) is 0 Å². The average molecular weight is 402 g/mol. The molecule has 0 radical (unpaired) electrons. The predicted molar refractivity (Wildman–Crippen MR) is 108 cm³/mol. The fourth-order valence-corrected chi connectivity index (χ4v) is 3.47. The predicted octanol–water partition coefficient (Wildman–Crippen LogP) is 1.92. The Morgan fingerprint density at radius 3 is 2.41 bits per heavy atom. The van der Waals surface area contributed by atoms with Crippen LogP contribution in [0, 0.1) is 5.82 Å². The van der Waals surface area contributed by atoms with E-state index in [1.165, 1.54) is 6.07 Å². The SMILES string of the molecule is CC(C)NC(=O)C(=O)NC[C@@H](c1ccco1)N1CCN(c2ccccc2F)CC1. The second-order valence-electron chi connectivity index (χ2n) is 7.34. The van der Waals surface area contributed by atoms with Crippen LogP contribution in [0.5, 0.6) is 0 Å². The van der Waals surface area contributed by atoms with Crippen LogP contribution in [0.25, 0.3) is 0 Å². The van der Waals surface area contributed by atoms with E-state index in [1.54, 1.807) is 38.3 Å². The number of carbonyl (C=O) groups excluding carboxylic acids is 2. The Morgan fingerprint density at radius 2 is 1.79 bits per heavy atom. The molecule has 1 aliphatic rings. The van der Waals surface area contributed by atoms with Gasteiger partial charge in [-0.3, -0.25) is 14.5 Å². The molecule has 2 aromatic rings. The van der Waals surface area contributed by atoms with E-state index in [1.807, 2.05) is 17.0 Å². The maximum absolute atomic E-state index is 14.1. The van der Waals surface area contributed by atoms with Crippen LogP contribution in [-0.2, 0) is 9.59 Å². The lowest BCUT2D eigenvalue weighted by atomic mass is 10.1. The van der Waals surface area contributed by atoms with Crippen LogP contribution in [0.1, 0.15) is 25.6 Å². The fourth-order valence-electron chi connectivity index (χ4n) is 3.47. The topological polar surface area (TPSA) is 77.8 Å². The number of halogens is 1. The molecule has 0 unspecified atom stereocenters. The number of benzene rings is 1. The van der Waals surface area contributed by atoms with Gasteiger partial charge < -0.3 is 20.0 Å². The molecule has 2 N–H and O–H groups in total. The molecule has 156 valence electrons. The Labute approximate surface area is 169 Å². The molecule has 7 nitrogen and oxygen atoms in total. The van der Waals surface area contributed by atoms with Crippen molar-refractivity contribution in [2.75, 3.05) is 37.6 Å². The summed E-state index contributed by atoms with van der Waals surface area (Å²) in [5.41, 5.74) is 0.598. The number of nitrogens with one attached hydrogen (secondary N) is 2. The number of amides is 2. The fraction of sp³-hybridized carbons (Fsp3) is 0.429. The van der Waals surface area contributed by atoms with E-state index in [4.69, 9.17) is 4.42 Å². The van der Waals surface area contributed by atoms with Gasteiger partial charge in [0, 0.05) is 38.8 Å². The molecule has 29 heavy (non-hydrogen) atoms. The molecule has 1 aromatic carbocycles. The number of hydrogen-bond acceptors (Lipinski definition) is 5. The molecule has 1 aliphatic heterocycles. The lowest BCUT2D eigenvalue weighted by Crippen LogP contribution is -2.51. The molecule has 0 spiro atoms. The monoisotopic (exact) mass is 402 g/mol. The molecule has 1 aromatic heterocycles. The average Bonchev–Trinajstić information content (AvgIpc) is 3.23. The minimum atomic E-state index is -0.666. The van der Waals surface area contributed by atoms with E-state index in [9.17, 15) is 14.0 Å². The zero-order valence-corrected chi connectivity index (χ0v) is 16.7. The van der Waals surface area contributed by atoms with E-state index >= 15 is 0 Å². The number of carbonyl (C=O) groups is 2. The number of piperazine rings is 1. The molecule has 3 rings (SSSR count). The molecule has 2 amide bonds. The third-order valence-electron chi connectivity index (χ3n) is 4.90. The van der Waals surface area contributed by atoms with Crippen molar-refractivity contribution in [1.29, 1.82) is 0 Å². The first-order chi connectivity index (χ1) is 14.0. The van der Waals surface area contributed by atoms with Gasteiger partial charge in [0.2, 0.25) is 0 Å². The third-order valence-corrected chi connectivity index (χ3v) is 4.90. The molecule has 1 atom stereocenters. The van der Waals surface area contributed by atoms with Crippen LogP contribution in [0.3, 0.4) is 0 Å². The summed E-state index contributed by atoms with van der Waals surface area (Å²) >= 11 is 0. The molecule has 0 bridgehead atoms. The molecule has 1 fully saturated rings. The van der Waals surface area contributed by atoms with E-state index in [-0.39, 0.29) is 24.4 Å². The summed E-state index contributed by atoms with van der Waals surface area (Å²) in [7, 11) is 0. The van der Waals surface area contributed by atoms with Crippen molar-refractivity contribution in [3.05, 3.63) is 54.2 Å². The quantitative estimate of drug-likeness (QED) is 0.722. The number of rotatable bonds is 6. The highest BCUT2D eigenvalue weighted by Gasteiger charge is 2.28. The van der Waals surface area contributed by atoms with Crippen molar-refractivity contribution in [1.82, 2.24) is 15.5 Å². The maximum Gasteiger partial charge on any atom is 0.309 e. The first kappa shape index (κ1) is 20.9. The van der Waals surface area contributed by atoms with Crippen molar-refractivity contribution in [3.8, 4) is 0 Å². The van der Waals surface area contributed by atoms with E-state index in [0.29, 0.717) is 37.6 Å². The first-order valence-electron chi connectivity index (χ1n) is 9.81. The number of nitrogens with zero attached hydrogens (tertiary/aromatic N) is 2. The van der Waals surface area contributed by atoms with Crippen LogP contribution >= 0.6 is 0 Å². The summed E-state index contributed by atoms with van der Waals surface area (Å²) in [5.74, 6) is -0.830. The summed E-state index contributed by atoms with van der Waals surface area (Å²) in [5, 5.41) is 5.28. The second-order valence-corrected chi connectivity index (χ2v) is 7.34. The van der Waals surface area contributed by atoms with Gasteiger partial charge in [0.15, 0.2) is 0 Å². The number of para-hydroxylation sites is 1. The molecular formula is C21H27FN4O3. The van der Waals surface area contributed by atoms with Gasteiger partial charge >= 0.3 is 11.8 Å². The van der Waals surface area contributed by atoms with E-state index < -0.39 is 11.8 Å². The highest BCUT2D eigenvalue weighted by molar-refractivity contribution is 6.35. The van der Waals surface area contributed by atoms with Gasteiger partial charge in [-0.2, -0.15) is 0 Å². The van der Waals surface area contributed by atoms with Crippen LogP contribution in [-0.4, -0.2) is 55.5 Å². The van der Waals surface area contributed by atoms with Crippen LogP contribution < -0.4 is 15.5 Å². The Kier molecular flexibility index (Phi) is 6.87. The normalized spacial score (nSPS) is 15.9. The van der Waals surface area contributed by atoms with Crippen molar-refractivity contribution < 1.29 is 18.4 Å². The van der Waals surface area contributed by atoms with Crippen molar-refractivity contribution in [2.45, 2.75) is 25.9 Å². The Bertz CT molecular complexity index is 817. The van der Waals surface area contributed by atoms with Crippen LogP contribution in [0.15, 0.2) is 47.1 Å². The van der Waals surface area contributed by atoms with Gasteiger partial charge in [-0.05, 0) is 38.1 Å². The highest BCUT2D eigenvalue weighted by atomic mass is 19.1. The van der Waals surface area contributed by atoms with Gasteiger partial charge in [0.05, 0.1) is 18.0 Å². The maximum atomic E-state index is 14.1. The lowest BCUT2D eigenvalue weighted by Gasteiger charge is -2.39. The van der Waals surface area contributed by atoms with Gasteiger partial charge in [-0.25, -0.2) is 4.39 Å². The van der Waals surface area contributed by atoms with Gasteiger partial charge in [-0.15, -0.1) is 0 Å². The number of furan rings is 1. The van der Waals surface area contributed by atoms with Crippen molar-refractivity contribution in [3.63, 3.8) is 0 Å². The first-order valence-corrected chi connectivity index (χ1v) is 9.81. The molecule has 1 saturated heterocycles. The summed E-state index contributed by atoms with van der Waals surface area (Å²) in [6.45, 7) is 6.50. The van der Waals surface area contributed by atoms with Gasteiger partial charge in [-0.1, -0.05) is 12.1 Å². The summed E-state index contributed by atoms with van der Waals surface area (Å²) in [6.07, 6.45) is 1.59. The van der Waals surface area contributed by atoms with Crippen molar-refractivity contribution in [2.24, 2.45) is 0 Å². The Morgan fingerprint density at radius 1 is 1.07 bits per heavy atom. The molecule has 0 saturated carbocycles. The third kappa shape index (κ3) is 5.35. The summed E-state index contributed by atoms with van der Waals surface area (Å²) < 4.78 is 19.6. The van der Waals surface area contributed by atoms with Crippen molar-refractivity contribution >= 4 is 17.5 Å². The minimum absolute atomic E-state index is 0.111. The van der Waals surface area contributed by atoms with E-state index in [2.05, 4.69) is 15.5 Å². The second kappa shape index (κ2) is 9.56. The van der Waals surface area contributed by atoms with Gasteiger partial charge in [0.1, 0.15) is 11.6 Å². The molecule has 8 heteroatoms. The standard InChI is InChI=1S/C21H27FN4O3/c1-15(2)24-21(28)20(27)23-14-18(19-8-5-13-29-19)26-11-9-25(10-12-26)17-7-4-3-6-16(17)22/h3-8,13,15,18H,9-12,14H2,1-2H3,(H,23,27)(H,24,28)/t18-/m0/s1.